The van der Waals surface area contributed by atoms with Gasteiger partial charge in [-0.15, -0.1) is 0 Å². The summed E-state index contributed by atoms with van der Waals surface area (Å²) in [6.45, 7) is 2.35. The van der Waals surface area contributed by atoms with Crippen LogP contribution >= 0.6 is 51.5 Å². The van der Waals surface area contributed by atoms with Gasteiger partial charge in [-0.05, 0) is 83.6 Å². The fraction of sp³-hybridized carbons (Fsp3) is 0.0870. The van der Waals surface area contributed by atoms with Crippen LogP contribution in [0.25, 0.3) is 6.08 Å². The maximum absolute atomic E-state index is 13.2. The topological polar surface area (TPSA) is 71.8 Å². The second-order valence-electron chi connectivity index (χ2n) is 6.73. The number of halogens is 2. The van der Waals surface area contributed by atoms with Gasteiger partial charge in [0.15, 0.2) is 10.2 Å². The van der Waals surface area contributed by atoms with Gasteiger partial charge in [-0.1, -0.05) is 29.4 Å². The molecular formula is C23H16BrClN2O4S2. The van der Waals surface area contributed by atoms with Gasteiger partial charge in [0, 0.05) is 16.0 Å². The second-order valence-corrected chi connectivity index (χ2v) is 9.45. The van der Waals surface area contributed by atoms with Crippen molar-refractivity contribution in [2.75, 3.05) is 11.5 Å². The lowest BCUT2D eigenvalue weighted by Crippen LogP contribution is -2.54. The zero-order valence-electron chi connectivity index (χ0n) is 17.1. The Morgan fingerprint density at radius 1 is 1.21 bits per heavy atom. The summed E-state index contributed by atoms with van der Waals surface area (Å²) < 4.78 is 12.1. The van der Waals surface area contributed by atoms with Crippen LogP contribution in [0.4, 0.5) is 5.69 Å². The van der Waals surface area contributed by atoms with E-state index >= 15 is 0 Å². The van der Waals surface area contributed by atoms with E-state index in [0.717, 1.165) is 4.90 Å². The van der Waals surface area contributed by atoms with Crippen molar-refractivity contribution in [3.8, 4) is 5.75 Å². The Bertz CT molecular complexity index is 1270. The lowest BCUT2D eigenvalue weighted by atomic mass is 10.1. The van der Waals surface area contributed by atoms with Crippen molar-refractivity contribution in [2.45, 2.75) is 16.9 Å². The van der Waals surface area contributed by atoms with Gasteiger partial charge < -0.3 is 9.15 Å². The van der Waals surface area contributed by atoms with Crippen LogP contribution in [0.2, 0.25) is 5.02 Å². The summed E-state index contributed by atoms with van der Waals surface area (Å²) >= 11 is 16.0. The number of carbonyl (C=O) groups excluding carboxylic acids is 2. The third-order valence-corrected chi connectivity index (χ3v) is 6.86. The van der Waals surface area contributed by atoms with Crippen LogP contribution in [-0.4, -0.2) is 23.5 Å². The fourth-order valence-electron chi connectivity index (χ4n) is 3.03. The molecule has 10 heteroatoms. The number of furan rings is 1. The second kappa shape index (κ2) is 10.1. The molecule has 1 saturated heterocycles. The highest BCUT2D eigenvalue weighted by atomic mass is 79.9. The smallest absolute Gasteiger partial charge is 0.270 e. The third kappa shape index (κ3) is 5.33. The van der Waals surface area contributed by atoms with Crippen LogP contribution in [0, 0.1) is 0 Å². The van der Waals surface area contributed by atoms with Gasteiger partial charge in [0.25, 0.3) is 11.8 Å². The highest BCUT2D eigenvalue weighted by molar-refractivity contribution is 9.10. The first-order valence-corrected chi connectivity index (χ1v) is 12.1. The van der Waals surface area contributed by atoms with Gasteiger partial charge in [-0.3, -0.25) is 19.8 Å². The van der Waals surface area contributed by atoms with Crippen LogP contribution in [0.3, 0.4) is 0 Å². The van der Waals surface area contributed by atoms with Gasteiger partial charge in [-0.2, -0.15) is 0 Å². The predicted octanol–water partition coefficient (Wildman–Crippen LogP) is 6.08. The first-order valence-electron chi connectivity index (χ1n) is 9.72. The molecule has 0 aliphatic carbocycles. The molecule has 1 aliphatic heterocycles. The van der Waals surface area contributed by atoms with Crippen LogP contribution in [0.15, 0.2) is 79.0 Å². The van der Waals surface area contributed by atoms with E-state index in [4.69, 9.17) is 33.0 Å². The van der Waals surface area contributed by atoms with E-state index in [2.05, 4.69) is 21.2 Å². The molecule has 33 heavy (non-hydrogen) atoms. The van der Waals surface area contributed by atoms with Gasteiger partial charge >= 0.3 is 0 Å². The van der Waals surface area contributed by atoms with E-state index in [9.17, 15) is 9.59 Å². The number of ether oxygens (including phenoxy) is 1. The average Bonchev–Trinajstić information content (AvgIpc) is 3.12. The minimum absolute atomic E-state index is 0.00425. The Kier molecular flexibility index (Phi) is 7.23. The zero-order valence-corrected chi connectivity index (χ0v) is 21.1. The highest BCUT2D eigenvalue weighted by Crippen LogP contribution is 2.37. The molecule has 1 fully saturated rings. The van der Waals surface area contributed by atoms with Crippen LogP contribution in [-0.2, 0) is 9.59 Å². The fourth-order valence-corrected chi connectivity index (χ4v) is 4.77. The number of benzene rings is 2. The third-order valence-electron chi connectivity index (χ3n) is 4.47. The first kappa shape index (κ1) is 23.6. The summed E-state index contributed by atoms with van der Waals surface area (Å²) in [6.07, 6.45) is 1.40. The average molecular weight is 564 g/mol. The Morgan fingerprint density at radius 3 is 2.70 bits per heavy atom. The Morgan fingerprint density at radius 2 is 1.97 bits per heavy atom. The molecule has 1 aromatic heterocycles. The molecule has 1 aliphatic rings. The Hall–Kier alpha value is -2.59. The van der Waals surface area contributed by atoms with Crippen LogP contribution in [0.5, 0.6) is 5.75 Å². The molecule has 0 unspecified atom stereocenters. The molecule has 3 aromatic rings. The molecule has 1 N–H and O–H groups in total. The van der Waals surface area contributed by atoms with Gasteiger partial charge in [0.05, 0.1) is 16.8 Å². The van der Waals surface area contributed by atoms with E-state index in [0.29, 0.717) is 38.4 Å². The minimum Gasteiger partial charge on any atom is -0.494 e. The van der Waals surface area contributed by atoms with E-state index in [-0.39, 0.29) is 10.7 Å². The number of anilines is 1. The summed E-state index contributed by atoms with van der Waals surface area (Å²) in [7, 11) is 0. The summed E-state index contributed by atoms with van der Waals surface area (Å²) in [5.74, 6) is -0.224. The number of thiocarbonyl (C=S) groups is 1. The van der Waals surface area contributed by atoms with Crippen LogP contribution < -0.4 is 15.0 Å². The lowest BCUT2D eigenvalue weighted by Gasteiger charge is -2.29. The standard InChI is InChI=1S/C23H16BrClN2O4S2/c1-2-30-15-5-3-4-14(10-15)27-21(29)18(20(28)26-23(27)32)11-16-12-19(24)22(31-16)33-17-8-6-13(25)7-9-17/h3-12H,2H2,1H3,(H,26,28,32). The number of nitrogens with one attached hydrogen (secondary N) is 1. The normalized spacial score (nSPS) is 15.2. The Labute approximate surface area is 213 Å². The lowest BCUT2D eigenvalue weighted by molar-refractivity contribution is -0.122. The summed E-state index contributed by atoms with van der Waals surface area (Å²) in [5.41, 5.74) is 0.385. The molecule has 0 saturated carbocycles. The maximum Gasteiger partial charge on any atom is 0.270 e. The Balaban J connectivity index is 1.62. The zero-order chi connectivity index (χ0) is 23.5. The van der Waals surface area contributed by atoms with Crippen LogP contribution in [0.1, 0.15) is 12.7 Å². The molecule has 0 radical (unpaired) electrons. The van der Waals surface area contributed by atoms with Gasteiger partial charge in [0.1, 0.15) is 17.1 Å². The monoisotopic (exact) mass is 562 g/mol. The number of rotatable bonds is 6. The van der Waals surface area contributed by atoms with E-state index in [1.807, 2.05) is 19.1 Å². The minimum atomic E-state index is -0.596. The number of carbonyl (C=O) groups is 2. The summed E-state index contributed by atoms with van der Waals surface area (Å²) in [4.78, 5) is 28.0. The number of hydrogen-bond acceptors (Lipinski definition) is 6. The molecule has 4 rings (SSSR count). The van der Waals surface area contributed by atoms with Crippen molar-refractivity contribution >= 4 is 80.2 Å². The van der Waals surface area contributed by atoms with Crippen molar-refractivity contribution < 1.29 is 18.7 Å². The first-order chi connectivity index (χ1) is 15.9. The molecule has 0 atom stereocenters. The number of hydrogen-bond donors (Lipinski definition) is 1. The quantitative estimate of drug-likeness (QED) is 0.223. The molecule has 6 nitrogen and oxygen atoms in total. The van der Waals surface area contributed by atoms with Crippen molar-refractivity contribution in [3.05, 3.63) is 75.4 Å². The van der Waals surface area contributed by atoms with E-state index in [1.165, 1.54) is 22.7 Å². The highest BCUT2D eigenvalue weighted by Gasteiger charge is 2.35. The molecular weight excluding hydrogens is 548 g/mol. The van der Waals surface area contributed by atoms with Gasteiger partial charge in [0.2, 0.25) is 0 Å². The predicted molar refractivity (Wildman–Crippen MR) is 136 cm³/mol. The summed E-state index contributed by atoms with van der Waals surface area (Å²) in [5, 5.41) is 3.77. The van der Waals surface area contributed by atoms with Gasteiger partial charge in [-0.25, -0.2) is 0 Å². The number of nitrogens with zero attached hydrogens (tertiary/aromatic N) is 1. The largest absolute Gasteiger partial charge is 0.494 e. The SMILES string of the molecule is CCOc1cccc(N2C(=O)C(=Cc3cc(Br)c(Sc4ccc(Cl)cc4)o3)C(=O)NC2=S)c1. The molecule has 168 valence electrons. The van der Waals surface area contributed by atoms with E-state index in [1.54, 1.807) is 42.5 Å². The van der Waals surface area contributed by atoms with Crippen molar-refractivity contribution in [2.24, 2.45) is 0 Å². The van der Waals surface area contributed by atoms with Crippen molar-refractivity contribution in [1.82, 2.24) is 5.32 Å². The molecule has 2 aromatic carbocycles. The maximum atomic E-state index is 13.2. The molecule has 0 bridgehead atoms. The summed E-state index contributed by atoms with van der Waals surface area (Å²) in [6, 6.07) is 15.9. The molecule has 0 spiro atoms. The molecule has 2 amide bonds. The van der Waals surface area contributed by atoms with Crippen molar-refractivity contribution in [1.29, 1.82) is 0 Å². The van der Waals surface area contributed by atoms with Crippen molar-refractivity contribution in [3.63, 3.8) is 0 Å². The number of amides is 2. The molecule has 2 heterocycles. The van der Waals surface area contributed by atoms with E-state index < -0.39 is 11.8 Å².